The summed E-state index contributed by atoms with van der Waals surface area (Å²) in [7, 11) is 1.22. The summed E-state index contributed by atoms with van der Waals surface area (Å²) in [6, 6.07) is 2.47. The van der Waals surface area contributed by atoms with Gasteiger partial charge in [-0.1, -0.05) is 0 Å². The molecular weight excluding hydrogens is 182 g/mol. The van der Waals surface area contributed by atoms with E-state index in [0.717, 1.165) is 6.07 Å². The number of hydrogen-bond donors (Lipinski definition) is 0. The first-order valence-electron chi connectivity index (χ1n) is 3.57. The molecule has 0 unspecified atom stereocenters. The number of carbonyl (C=O) groups excluding carboxylic acids is 1. The van der Waals surface area contributed by atoms with E-state index in [2.05, 4.69) is 9.15 Å². The van der Waals surface area contributed by atoms with Crippen molar-refractivity contribution in [2.45, 2.75) is 12.8 Å². The summed E-state index contributed by atoms with van der Waals surface area (Å²) >= 11 is 0. The van der Waals surface area contributed by atoms with Gasteiger partial charge in [0.2, 0.25) is 0 Å². The molecule has 0 saturated carbocycles. The van der Waals surface area contributed by atoms with Crippen LogP contribution in [0.3, 0.4) is 0 Å². The lowest BCUT2D eigenvalue weighted by Crippen LogP contribution is -2.03. The summed E-state index contributed by atoms with van der Waals surface area (Å²) in [5.41, 5.74) is 0. The third-order valence-electron chi connectivity index (χ3n) is 1.44. The quantitative estimate of drug-likeness (QED) is 0.683. The first-order valence-corrected chi connectivity index (χ1v) is 3.57. The van der Waals surface area contributed by atoms with E-state index >= 15 is 0 Å². The summed E-state index contributed by atoms with van der Waals surface area (Å²) in [5, 5.41) is 0. The highest BCUT2D eigenvalue weighted by atomic mass is 19.3. The number of ether oxygens (including phenoxy) is 1. The van der Waals surface area contributed by atoms with Crippen LogP contribution in [0.25, 0.3) is 0 Å². The SMILES string of the molecule is COC(=O)Cc1ccc(C(F)F)o1. The van der Waals surface area contributed by atoms with Crippen molar-refractivity contribution in [2.24, 2.45) is 0 Å². The second-order valence-corrected chi connectivity index (χ2v) is 2.36. The lowest BCUT2D eigenvalue weighted by molar-refractivity contribution is -0.140. The van der Waals surface area contributed by atoms with Gasteiger partial charge < -0.3 is 9.15 Å². The second-order valence-electron chi connectivity index (χ2n) is 2.36. The molecule has 1 heterocycles. The molecule has 0 aliphatic rings. The maximum Gasteiger partial charge on any atom is 0.313 e. The molecule has 0 fully saturated rings. The van der Waals surface area contributed by atoms with Crippen LogP contribution in [0.15, 0.2) is 16.5 Å². The molecule has 0 aliphatic heterocycles. The Morgan fingerprint density at radius 1 is 1.62 bits per heavy atom. The summed E-state index contributed by atoms with van der Waals surface area (Å²) in [6.07, 6.45) is -2.77. The van der Waals surface area contributed by atoms with E-state index in [0.29, 0.717) is 0 Å². The highest BCUT2D eigenvalue weighted by Crippen LogP contribution is 2.21. The molecule has 0 aliphatic carbocycles. The molecule has 0 N–H and O–H groups in total. The number of furan rings is 1. The van der Waals surface area contributed by atoms with E-state index < -0.39 is 18.2 Å². The van der Waals surface area contributed by atoms with Crippen molar-refractivity contribution in [3.63, 3.8) is 0 Å². The normalized spacial score (nSPS) is 10.5. The molecule has 13 heavy (non-hydrogen) atoms. The van der Waals surface area contributed by atoms with Gasteiger partial charge >= 0.3 is 5.97 Å². The van der Waals surface area contributed by atoms with Gasteiger partial charge in [-0.2, -0.15) is 0 Å². The second kappa shape index (κ2) is 4.02. The van der Waals surface area contributed by atoms with Crippen LogP contribution in [0.2, 0.25) is 0 Å². The van der Waals surface area contributed by atoms with Gasteiger partial charge in [0.1, 0.15) is 12.2 Å². The van der Waals surface area contributed by atoms with Gasteiger partial charge in [0, 0.05) is 0 Å². The molecule has 0 radical (unpaired) electrons. The Morgan fingerprint density at radius 2 is 2.31 bits per heavy atom. The van der Waals surface area contributed by atoms with E-state index in [-0.39, 0.29) is 12.2 Å². The lowest BCUT2D eigenvalue weighted by atomic mass is 10.3. The highest BCUT2D eigenvalue weighted by molar-refractivity contribution is 5.71. The first-order chi connectivity index (χ1) is 6.13. The maximum atomic E-state index is 12.0. The Balaban J connectivity index is 2.64. The van der Waals surface area contributed by atoms with E-state index in [9.17, 15) is 13.6 Å². The smallest absolute Gasteiger partial charge is 0.313 e. The van der Waals surface area contributed by atoms with E-state index in [4.69, 9.17) is 0 Å². The molecule has 0 saturated heterocycles. The molecule has 0 aromatic carbocycles. The fourth-order valence-corrected chi connectivity index (χ4v) is 0.821. The topological polar surface area (TPSA) is 39.4 Å². The number of esters is 1. The van der Waals surface area contributed by atoms with Crippen LogP contribution >= 0.6 is 0 Å². The summed E-state index contributed by atoms with van der Waals surface area (Å²) in [6.45, 7) is 0. The van der Waals surface area contributed by atoms with Crippen molar-refractivity contribution in [1.29, 1.82) is 0 Å². The molecule has 72 valence electrons. The van der Waals surface area contributed by atoms with Crippen molar-refractivity contribution in [3.05, 3.63) is 23.7 Å². The van der Waals surface area contributed by atoms with Crippen molar-refractivity contribution in [3.8, 4) is 0 Å². The molecule has 0 atom stereocenters. The Kier molecular flexibility index (Phi) is 3.00. The third-order valence-corrected chi connectivity index (χ3v) is 1.44. The number of methoxy groups -OCH3 is 1. The van der Waals surface area contributed by atoms with Crippen LogP contribution in [-0.4, -0.2) is 13.1 Å². The van der Waals surface area contributed by atoms with E-state index in [1.54, 1.807) is 0 Å². The standard InChI is InChI=1S/C8H8F2O3/c1-12-7(11)4-5-2-3-6(13-5)8(9)10/h2-3,8H,4H2,1H3. The van der Waals surface area contributed by atoms with Crippen LogP contribution in [0.1, 0.15) is 17.9 Å². The zero-order valence-electron chi connectivity index (χ0n) is 6.92. The predicted octanol–water partition coefficient (Wildman–Crippen LogP) is 1.93. The van der Waals surface area contributed by atoms with Crippen LogP contribution in [0, 0.1) is 0 Å². The number of rotatable bonds is 3. The van der Waals surface area contributed by atoms with Crippen LogP contribution in [-0.2, 0) is 16.0 Å². The molecule has 1 aromatic rings. The van der Waals surface area contributed by atoms with Crippen molar-refractivity contribution in [2.75, 3.05) is 7.11 Å². The highest BCUT2D eigenvalue weighted by Gasteiger charge is 2.13. The Hall–Kier alpha value is -1.39. The average molecular weight is 190 g/mol. The molecule has 0 amide bonds. The van der Waals surface area contributed by atoms with Crippen molar-refractivity contribution in [1.82, 2.24) is 0 Å². The van der Waals surface area contributed by atoms with Crippen molar-refractivity contribution >= 4 is 5.97 Å². The third kappa shape index (κ3) is 2.54. The average Bonchev–Trinajstić information content (AvgIpc) is 2.52. The summed E-state index contributed by atoms with van der Waals surface area (Å²) in [4.78, 5) is 10.7. The minimum absolute atomic E-state index is 0.122. The Morgan fingerprint density at radius 3 is 2.77 bits per heavy atom. The molecule has 3 nitrogen and oxygen atoms in total. The van der Waals surface area contributed by atoms with E-state index in [1.807, 2.05) is 0 Å². The predicted molar refractivity (Wildman–Crippen MR) is 39.4 cm³/mol. The summed E-state index contributed by atoms with van der Waals surface area (Å²) in [5.74, 6) is -0.767. The fourth-order valence-electron chi connectivity index (χ4n) is 0.821. The number of carbonyl (C=O) groups is 1. The van der Waals surface area contributed by atoms with E-state index in [1.165, 1.54) is 13.2 Å². The monoisotopic (exact) mass is 190 g/mol. The van der Waals surface area contributed by atoms with Gasteiger partial charge in [-0.3, -0.25) is 4.79 Å². The van der Waals surface area contributed by atoms with Gasteiger partial charge in [0.25, 0.3) is 6.43 Å². The van der Waals surface area contributed by atoms with Crippen molar-refractivity contribution < 1.29 is 22.7 Å². The van der Waals surface area contributed by atoms with Gasteiger partial charge in [-0.25, -0.2) is 8.78 Å². The first kappa shape index (κ1) is 9.70. The number of alkyl halides is 2. The minimum Gasteiger partial charge on any atom is -0.469 e. The number of halogens is 2. The van der Waals surface area contributed by atoms with Gasteiger partial charge in [-0.05, 0) is 12.1 Å². The van der Waals surface area contributed by atoms with Gasteiger partial charge in [0.15, 0.2) is 5.76 Å². The Labute approximate surface area is 73.3 Å². The van der Waals surface area contributed by atoms with Crippen LogP contribution in [0.5, 0.6) is 0 Å². The Bertz CT molecular complexity index is 293. The molecule has 1 rings (SSSR count). The van der Waals surface area contributed by atoms with Gasteiger partial charge in [-0.15, -0.1) is 0 Å². The zero-order chi connectivity index (χ0) is 9.84. The lowest BCUT2D eigenvalue weighted by Gasteiger charge is -1.95. The minimum atomic E-state index is -2.65. The fraction of sp³-hybridized carbons (Fsp3) is 0.375. The molecule has 0 spiro atoms. The molecule has 5 heteroatoms. The molecule has 1 aromatic heterocycles. The molecular formula is C8H8F2O3. The largest absolute Gasteiger partial charge is 0.469 e. The molecule has 0 bridgehead atoms. The maximum absolute atomic E-state index is 12.0. The number of hydrogen-bond acceptors (Lipinski definition) is 3. The van der Waals surface area contributed by atoms with Crippen LogP contribution < -0.4 is 0 Å². The van der Waals surface area contributed by atoms with Gasteiger partial charge in [0.05, 0.1) is 7.11 Å². The van der Waals surface area contributed by atoms with Crippen LogP contribution in [0.4, 0.5) is 8.78 Å². The summed E-state index contributed by atoms with van der Waals surface area (Å²) < 4.78 is 33.0. The zero-order valence-corrected chi connectivity index (χ0v) is 6.92.